The lowest BCUT2D eigenvalue weighted by molar-refractivity contribution is -0.0101. The van der Waals surface area contributed by atoms with Crippen LogP contribution in [0.3, 0.4) is 0 Å². The lowest BCUT2D eigenvalue weighted by atomic mass is 9.99. The zero-order chi connectivity index (χ0) is 18.7. The molecule has 26 heavy (non-hydrogen) atoms. The molecular formula is C19H26N4O3. The molecule has 7 nitrogen and oxygen atoms in total. The first-order valence-electron chi connectivity index (χ1n) is 8.93. The molecule has 2 aromatic heterocycles. The van der Waals surface area contributed by atoms with Crippen LogP contribution in [0.4, 0.5) is 0 Å². The van der Waals surface area contributed by atoms with E-state index in [9.17, 15) is 4.79 Å². The molecule has 1 N–H and O–H groups in total. The third kappa shape index (κ3) is 3.78. The van der Waals surface area contributed by atoms with E-state index in [1.807, 2.05) is 31.5 Å². The van der Waals surface area contributed by atoms with Crippen molar-refractivity contribution >= 4 is 5.91 Å². The third-order valence-electron chi connectivity index (χ3n) is 4.71. The standard InChI is InChI=1S/C19H26N4O3/c1-12-10-20-6-5-15(12)11-21-19(24)17-16-9-13(2)26-14(3)18(16)23(22-17)7-8-25-4/h5-6,10,13-14H,7-9,11H2,1-4H3,(H,21,24)/t13-,14+/m1/s1. The normalized spacial score (nSPS) is 19.2. The minimum absolute atomic E-state index is 0.0616. The van der Waals surface area contributed by atoms with Crippen LogP contribution in [0.1, 0.15) is 52.8 Å². The summed E-state index contributed by atoms with van der Waals surface area (Å²) >= 11 is 0. The SMILES string of the molecule is COCCn1nc(C(=O)NCc2ccncc2C)c2c1[C@H](C)O[C@H](C)C2. The van der Waals surface area contributed by atoms with Gasteiger partial charge in [-0.05, 0) is 38.0 Å². The molecule has 0 spiro atoms. The number of rotatable bonds is 6. The van der Waals surface area contributed by atoms with E-state index in [0.717, 1.165) is 22.4 Å². The Morgan fingerprint density at radius 3 is 3.00 bits per heavy atom. The molecule has 0 fully saturated rings. The number of hydrogen-bond donors (Lipinski definition) is 1. The van der Waals surface area contributed by atoms with E-state index in [1.54, 1.807) is 19.5 Å². The number of hydrogen-bond acceptors (Lipinski definition) is 5. The Morgan fingerprint density at radius 1 is 1.46 bits per heavy atom. The zero-order valence-corrected chi connectivity index (χ0v) is 15.8. The number of carbonyl (C=O) groups excluding carboxylic acids is 1. The van der Waals surface area contributed by atoms with Gasteiger partial charge in [0.15, 0.2) is 5.69 Å². The monoisotopic (exact) mass is 358 g/mol. The van der Waals surface area contributed by atoms with Crippen molar-refractivity contribution in [2.24, 2.45) is 0 Å². The van der Waals surface area contributed by atoms with Crippen LogP contribution in [0.5, 0.6) is 0 Å². The van der Waals surface area contributed by atoms with E-state index in [1.165, 1.54) is 0 Å². The average Bonchev–Trinajstić information content (AvgIpc) is 2.97. The fourth-order valence-electron chi connectivity index (χ4n) is 3.41. The first kappa shape index (κ1) is 18.5. The van der Waals surface area contributed by atoms with Crippen molar-refractivity contribution in [3.8, 4) is 0 Å². The molecule has 2 aromatic rings. The van der Waals surface area contributed by atoms with E-state index in [4.69, 9.17) is 9.47 Å². The number of aryl methyl sites for hydroxylation is 1. The summed E-state index contributed by atoms with van der Waals surface area (Å²) < 4.78 is 13.0. The van der Waals surface area contributed by atoms with Crippen molar-refractivity contribution in [1.29, 1.82) is 0 Å². The van der Waals surface area contributed by atoms with Crippen molar-refractivity contribution < 1.29 is 14.3 Å². The van der Waals surface area contributed by atoms with E-state index in [0.29, 0.717) is 31.8 Å². The minimum Gasteiger partial charge on any atom is -0.383 e. The highest BCUT2D eigenvalue weighted by Gasteiger charge is 2.32. The molecule has 0 unspecified atom stereocenters. The Morgan fingerprint density at radius 2 is 2.27 bits per heavy atom. The average molecular weight is 358 g/mol. The number of pyridine rings is 1. The molecule has 1 aliphatic heterocycles. The van der Waals surface area contributed by atoms with Gasteiger partial charge in [-0.15, -0.1) is 0 Å². The van der Waals surface area contributed by atoms with Crippen LogP contribution in [0, 0.1) is 6.92 Å². The summed E-state index contributed by atoms with van der Waals surface area (Å²) in [4.78, 5) is 16.9. The molecule has 1 amide bonds. The molecule has 140 valence electrons. The number of amides is 1. The Kier molecular flexibility index (Phi) is 5.68. The molecule has 1 aliphatic rings. The van der Waals surface area contributed by atoms with E-state index < -0.39 is 0 Å². The van der Waals surface area contributed by atoms with E-state index in [-0.39, 0.29) is 18.1 Å². The van der Waals surface area contributed by atoms with Crippen LogP contribution in [0.15, 0.2) is 18.5 Å². The van der Waals surface area contributed by atoms with Crippen molar-refractivity contribution in [3.63, 3.8) is 0 Å². The number of carbonyl (C=O) groups is 1. The summed E-state index contributed by atoms with van der Waals surface area (Å²) in [5.74, 6) is -0.157. The summed E-state index contributed by atoms with van der Waals surface area (Å²) in [5, 5.41) is 7.57. The second-order valence-electron chi connectivity index (χ2n) is 6.71. The van der Waals surface area contributed by atoms with Gasteiger partial charge in [-0.3, -0.25) is 14.5 Å². The third-order valence-corrected chi connectivity index (χ3v) is 4.71. The Bertz CT molecular complexity index is 787. The molecular weight excluding hydrogens is 332 g/mol. The predicted molar refractivity (Wildman–Crippen MR) is 96.9 cm³/mol. The van der Waals surface area contributed by atoms with Gasteiger partial charge in [-0.1, -0.05) is 0 Å². The number of aromatic nitrogens is 3. The lowest BCUT2D eigenvalue weighted by Gasteiger charge is -2.27. The molecule has 0 aliphatic carbocycles. The number of methoxy groups -OCH3 is 1. The summed E-state index contributed by atoms with van der Waals surface area (Å²) in [7, 11) is 1.66. The lowest BCUT2D eigenvalue weighted by Crippen LogP contribution is -2.27. The van der Waals surface area contributed by atoms with Gasteiger partial charge >= 0.3 is 0 Å². The van der Waals surface area contributed by atoms with Crippen LogP contribution in [-0.4, -0.2) is 40.5 Å². The maximum atomic E-state index is 12.8. The topological polar surface area (TPSA) is 78.3 Å². The second-order valence-corrected chi connectivity index (χ2v) is 6.71. The van der Waals surface area contributed by atoms with Gasteiger partial charge in [0.1, 0.15) is 0 Å². The second kappa shape index (κ2) is 7.97. The summed E-state index contributed by atoms with van der Waals surface area (Å²) in [6, 6.07) is 1.92. The highest BCUT2D eigenvalue weighted by molar-refractivity contribution is 5.94. The van der Waals surface area contributed by atoms with Gasteiger partial charge in [-0.25, -0.2) is 0 Å². The van der Waals surface area contributed by atoms with Crippen LogP contribution in [0.2, 0.25) is 0 Å². The zero-order valence-electron chi connectivity index (χ0n) is 15.8. The van der Waals surface area contributed by atoms with Gasteiger partial charge in [0.2, 0.25) is 0 Å². The van der Waals surface area contributed by atoms with Crippen LogP contribution < -0.4 is 5.32 Å². The Labute approximate surface area is 153 Å². The highest BCUT2D eigenvalue weighted by atomic mass is 16.5. The van der Waals surface area contributed by atoms with Crippen LogP contribution in [-0.2, 0) is 29.0 Å². The fraction of sp³-hybridized carbons (Fsp3) is 0.526. The number of ether oxygens (including phenoxy) is 2. The van der Waals surface area contributed by atoms with Gasteiger partial charge in [0, 0.05) is 38.0 Å². The smallest absolute Gasteiger partial charge is 0.272 e. The van der Waals surface area contributed by atoms with Gasteiger partial charge < -0.3 is 14.8 Å². The largest absolute Gasteiger partial charge is 0.383 e. The first-order chi connectivity index (χ1) is 12.5. The van der Waals surface area contributed by atoms with Gasteiger partial charge in [0.25, 0.3) is 5.91 Å². The Balaban J connectivity index is 1.84. The molecule has 2 atom stereocenters. The molecule has 7 heteroatoms. The number of nitrogens with zero attached hydrogens (tertiary/aromatic N) is 3. The first-order valence-corrected chi connectivity index (χ1v) is 8.93. The fourth-order valence-corrected chi connectivity index (χ4v) is 3.41. The Hall–Kier alpha value is -2.25. The van der Waals surface area contributed by atoms with Crippen molar-refractivity contribution in [1.82, 2.24) is 20.1 Å². The van der Waals surface area contributed by atoms with Crippen LogP contribution in [0.25, 0.3) is 0 Å². The maximum Gasteiger partial charge on any atom is 0.272 e. The highest BCUT2D eigenvalue weighted by Crippen LogP contribution is 2.32. The molecule has 3 heterocycles. The quantitative estimate of drug-likeness (QED) is 0.856. The molecule has 3 rings (SSSR count). The van der Waals surface area contributed by atoms with E-state index >= 15 is 0 Å². The molecule has 0 aromatic carbocycles. The maximum absolute atomic E-state index is 12.8. The molecule has 0 saturated heterocycles. The molecule has 0 radical (unpaired) electrons. The number of fused-ring (bicyclic) bond motifs is 1. The van der Waals surface area contributed by atoms with Crippen molar-refractivity contribution in [2.75, 3.05) is 13.7 Å². The van der Waals surface area contributed by atoms with Crippen LogP contribution >= 0.6 is 0 Å². The van der Waals surface area contributed by atoms with Gasteiger partial charge in [-0.2, -0.15) is 5.10 Å². The van der Waals surface area contributed by atoms with Gasteiger partial charge in [0.05, 0.1) is 31.1 Å². The summed E-state index contributed by atoms with van der Waals surface area (Å²) in [5.41, 5.74) is 4.55. The molecule has 0 bridgehead atoms. The summed E-state index contributed by atoms with van der Waals surface area (Å²) in [6.45, 7) is 7.59. The minimum atomic E-state index is -0.157. The number of nitrogens with one attached hydrogen (secondary N) is 1. The van der Waals surface area contributed by atoms with E-state index in [2.05, 4.69) is 15.4 Å². The predicted octanol–water partition coefficient (Wildman–Crippen LogP) is 2.19. The summed E-state index contributed by atoms with van der Waals surface area (Å²) in [6.07, 6.45) is 4.18. The van der Waals surface area contributed by atoms with Crippen molar-refractivity contribution in [2.45, 2.75) is 52.5 Å². The molecule has 0 saturated carbocycles. The van der Waals surface area contributed by atoms with Crippen molar-refractivity contribution in [3.05, 3.63) is 46.5 Å².